The Balaban J connectivity index is 1.29. The van der Waals surface area contributed by atoms with Crippen molar-refractivity contribution in [1.29, 1.82) is 0 Å². The van der Waals surface area contributed by atoms with Crippen LogP contribution in [0, 0.1) is 5.92 Å². The van der Waals surface area contributed by atoms with Crippen LogP contribution in [0.25, 0.3) is 11.3 Å². The van der Waals surface area contributed by atoms with Gasteiger partial charge in [0.1, 0.15) is 0 Å². The number of piperidine rings is 1. The average molecular weight is 537 g/mol. The molecule has 0 aliphatic carbocycles. The van der Waals surface area contributed by atoms with Crippen LogP contribution in [0.2, 0.25) is 0 Å². The molecule has 3 heterocycles. The number of carbonyl (C=O) groups excluding carboxylic acids is 2. The van der Waals surface area contributed by atoms with Gasteiger partial charge in [-0.05, 0) is 86.8 Å². The number of nitrogens with zero attached hydrogens (tertiary/aromatic N) is 2. The van der Waals surface area contributed by atoms with Crippen LogP contribution in [0.4, 0.5) is 17.1 Å². The Morgan fingerprint density at radius 3 is 2.50 bits per heavy atom. The van der Waals surface area contributed by atoms with Crippen LogP contribution in [0.5, 0.6) is 0 Å². The maximum absolute atomic E-state index is 13.2. The average Bonchev–Trinajstić information content (AvgIpc) is 3.53. The van der Waals surface area contributed by atoms with Crippen molar-refractivity contribution in [1.82, 2.24) is 4.90 Å². The first-order chi connectivity index (χ1) is 19.4. The fourth-order valence-corrected chi connectivity index (χ4v) is 5.94. The Morgan fingerprint density at radius 2 is 1.75 bits per heavy atom. The Hall–Kier alpha value is -4.43. The first kappa shape index (κ1) is 25.8. The van der Waals surface area contributed by atoms with Crippen LogP contribution in [-0.4, -0.2) is 54.5 Å². The molecule has 8 nitrogen and oxygen atoms in total. The van der Waals surface area contributed by atoms with Crippen molar-refractivity contribution in [2.45, 2.75) is 25.7 Å². The summed E-state index contributed by atoms with van der Waals surface area (Å²) < 4.78 is 0. The van der Waals surface area contributed by atoms with Gasteiger partial charge in [-0.3, -0.25) is 9.59 Å². The van der Waals surface area contributed by atoms with E-state index in [-0.39, 0.29) is 17.4 Å². The third kappa shape index (κ3) is 4.98. The van der Waals surface area contributed by atoms with E-state index < -0.39 is 5.97 Å². The van der Waals surface area contributed by atoms with E-state index in [1.54, 1.807) is 6.07 Å². The van der Waals surface area contributed by atoms with Gasteiger partial charge >= 0.3 is 5.97 Å². The summed E-state index contributed by atoms with van der Waals surface area (Å²) in [5.74, 6) is -0.703. The predicted molar refractivity (Wildman–Crippen MR) is 156 cm³/mol. The monoisotopic (exact) mass is 536 g/mol. The molecular weight excluding hydrogens is 504 g/mol. The third-order valence-corrected chi connectivity index (χ3v) is 8.17. The van der Waals surface area contributed by atoms with Gasteiger partial charge in [0.15, 0.2) is 0 Å². The molecular formula is C32H32N4O4. The smallest absolute Gasteiger partial charge is 0.335 e. The number of hydrogen-bond donors (Lipinski definition) is 3. The van der Waals surface area contributed by atoms with Gasteiger partial charge in [0.25, 0.3) is 5.91 Å². The molecule has 2 amide bonds. The molecule has 3 aliphatic heterocycles. The highest BCUT2D eigenvalue weighted by Gasteiger charge is 2.31. The summed E-state index contributed by atoms with van der Waals surface area (Å²) in [7, 11) is 2.13. The van der Waals surface area contributed by atoms with Gasteiger partial charge < -0.3 is 25.5 Å². The SMILES string of the molecule is CN1CCC(CC(=O)N2CCc3cc(N/C(=C4\C(=O)Nc5cc(C(=O)O)ccc54)c4ccccc4)ccc32)CC1. The molecule has 1 fully saturated rings. The lowest BCUT2D eigenvalue weighted by atomic mass is 9.93. The van der Waals surface area contributed by atoms with Gasteiger partial charge in [0.05, 0.1) is 22.5 Å². The minimum absolute atomic E-state index is 0.114. The summed E-state index contributed by atoms with van der Waals surface area (Å²) in [5, 5.41) is 15.7. The number of amides is 2. The van der Waals surface area contributed by atoms with Crippen molar-refractivity contribution in [2.75, 3.05) is 42.2 Å². The maximum atomic E-state index is 13.2. The molecule has 0 radical (unpaired) electrons. The van der Waals surface area contributed by atoms with Crippen molar-refractivity contribution < 1.29 is 19.5 Å². The Morgan fingerprint density at radius 1 is 0.975 bits per heavy atom. The molecule has 0 bridgehead atoms. The van der Waals surface area contributed by atoms with Crippen molar-refractivity contribution in [3.8, 4) is 0 Å². The molecule has 3 aromatic rings. The number of carboxylic acids is 1. The van der Waals surface area contributed by atoms with E-state index in [9.17, 15) is 19.5 Å². The molecule has 40 heavy (non-hydrogen) atoms. The zero-order valence-electron chi connectivity index (χ0n) is 22.4. The lowest BCUT2D eigenvalue weighted by Crippen LogP contribution is -2.35. The number of rotatable bonds is 6. The van der Waals surface area contributed by atoms with Gasteiger partial charge in [0.2, 0.25) is 5.91 Å². The molecule has 3 aromatic carbocycles. The van der Waals surface area contributed by atoms with E-state index in [0.717, 1.165) is 54.9 Å². The molecule has 0 spiro atoms. The number of carbonyl (C=O) groups is 3. The molecule has 0 unspecified atom stereocenters. The topological polar surface area (TPSA) is 102 Å². The molecule has 0 atom stereocenters. The van der Waals surface area contributed by atoms with Crippen molar-refractivity contribution in [3.63, 3.8) is 0 Å². The lowest BCUT2D eigenvalue weighted by molar-refractivity contribution is -0.119. The Bertz CT molecular complexity index is 1520. The van der Waals surface area contributed by atoms with Crippen LogP contribution in [0.1, 0.15) is 46.3 Å². The van der Waals surface area contributed by atoms with Gasteiger partial charge in [-0.2, -0.15) is 0 Å². The number of hydrogen-bond acceptors (Lipinski definition) is 5. The second-order valence-electron chi connectivity index (χ2n) is 10.9. The molecule has 204 valence electrons. The Labute approximate surface area is 233 Å². The fraction of sp³-hybridized carbons (Fsp3) is 0.281. The van der Waals surface area contributed by atoms with E-state index in [1.807, 2.05) is 47.4 Å². The third-order valence-electron chi connectivity index (χ3n) is 8.17. The highest BCUT2D eigenvalue weighted by atomic mass is 16.4. The van der Waals surface area contributed by atoms with E-state index in [1.165, 1.54) is 12.1 Å². The zero-order valence-corrected chi connectivity index (χ0v) is 22.4. The normalized spacial score (nSPS) is 18.2. The summed E-state index contributed by atoms with van der Waals surface area (Å²) in [6.07, 6.45) is 3.51. The molecule has 0 aromatic heterocycles. The number of aromatic carboxylic acids is 1. The number of fused-ring (bicyclic) bond motifs is 2. The Kier molecular flexibility index (Phi) is 6.86. The summed E-state index contributed by atoms with van der Waals surface area (Å²) in [5.41, 5.74) is 6.03. The minimum atomic E-state index is -1.05. The number of carboxylic acid groups (broad SMARTS) is 1. The molecule has 8 heteroatoms. The number of likely N-dealkylation sites (tertiary alicyclic amines) is 1. The minimum Gasteiger partial charge on any atom is -0.478 e. The van der Waals surface area contributed by atoms with Gasteiger partial charge in [0, 0.05) is 29.9 Å². The largest absolute Gasteiger partial charge is 0.478 e. The molecule has 3 aliphatic rings. The quantitative estimate of drug-likeness (QED) is 0.386. The van der Waals surface area contributed by atoms with Crippen LogP contribution in [0.15, 0.2) is 66.7 Å². The molecule has 0 saturated carbocycles. The summed E-state index contributed by atoms with van der Waals surface area (Å²) in [4.78, 5) is 42.1. The van der Waals surface area contributed by atoms with Gasteiger partial charge in [-0.15, -0.1) is 0 Å². The first-order valence-electron chi connectivity index (χ1n) is 13.7. The highest BCUT2D eigenvalue weighted by Crippen LogP contribution is 2.39. The van der Waals surface area contributed by atoms with Crippen molar-refractivity contribution >= 4 is 46.1 Å². The summed E-state index contributed by atoms with van der Waals surface area (Å²) in [6.45, 7) is 2.77. The van der Waals surface area contributed by atoms with Crippen LogP contribution in [-0.2, 0) is 16.0 Å². The molecule has 6 rings (SSSR count). The standard InChI is InChI=1S/C32H32N4O4/c1-35-14-11-20(12-15-35)17-28(37)36-16-13-22-18-24(8-10-27(22)36)33-30(21-5-3-2-4-6-21)29-25-9-7-23(32(39)40)19-26(25)34-31(29)38/h2-10,18-20,33H,11-17H2,1H3,(H,34,38)(H,39,40)/b30-29-. The second-order valence-corrected chi connectivity index (χ2v) is 10.9. The predicted octanol–water partition coefficient (Wildman–Crippen LogP) is 4.94. The van der Waals surface area contributed by atoms with E-state index in [4.69, 9.17) is 0 Å². The fourth-order valence-electron chi connectivity index (χ4n) is 5.94. The highest BCUT2D eigenvalue weighted by molar-refractivity contribution is 6.37. The summed E-state index contributed by atoms with van der Waals surface area (Å²) >= 11 is 0. The van der Waals surface area contributed by atoms with Crippen molar-refractivity contribution in [3.05, 3.63) is 89.0 Å². The second kappa shape index (κ2) is 10.6. The number of benzene rings is 3. The van der Waals surface area contributed by atoms with Crippen LogP contribution < -0.4 is 15.5 Å². The number of nitrogens with one attached hydrogen (secondary N) is 2. The lowest BCUT2D eigenvalue weighted by Gasteiger charge is -2.29. The first-order valence-corrected chi connectivity index (χ1v) is 13.7. The van der Waals surface area contributed by atoms with Gasteiger partial charge in [-0.25, -0.2) is 4.79 Å². The van der Waals surface area contributed by atoms with Crippen molar-refractivity contribution in [2.24, 2.45) is 5.92 Å². The van der Waals surface area contributed by atoms with Crippen LogP contribution >= 0.6 is 0 Å². The van der Waals surface area contributed by atoms with E-state index >= 15 is 0 Å². The molecule has 3 N–H and O–H groups in total. The molecule has 1 saturated heterocycles. The van der Waals surface area contributed by atoms with E-state index in [0.29, 0.717) is 41.4 Å². The maximum Gasteiger partial charge on any atom is 0.335 e. The summed E-state index contributed by atoms with van der Waals surface area (Å²) in [6, 6.07) is 20.3. The number of anilines is 3. The van der Waals surface area contributed by atoms with Gasteiger partial charge in [-0.1, -0.05) is 36.4 Å². The van der Waals surface area contributed by atoms with E-state index in [2.05, 4.69) is 28.6 Å². The van der Waals surface area contributed by atoms with Crippen LogP contribution in [0.3, 0.4) is 0 Å². The zero-order chi connectivity index (χ0) is 27.8.